The van der Waals surface area contributed by atoms with E-state index in [4.69, 9.17) is 14.5 Å². The van der Waals surface area contributed by atoms with E-state index in [1.54, 1.807) is 4.90 Å². The van der Waals surface area contributed by atoms with Gasteiger partial charge in [-0.15, -0.1) is 0 Å². The Kier molecular flexibility index (Phi) is 9.15. The number of halogens is 3. The van der Waals surface area contributed by atoms with Crippen LogP contribution in [0.4, 0.5) is 19.0 Å². The summed E-state index contributed by atoms with van der Waals surface area (Å²) >= 11 is 0. The van der Waals surface area contributed by atoms with Gasteiger partial charge in [0.25, 0.3) is 5.92 Å². The maximum Gasteiger partial charge on any atom is 0.325 e. The van der Waals surface area contributed by atoms with Crippen LogP contribution in [0.15, 0.2) is 24.3 Å². The Bertz CT molecular complexity index is 1130. The van der Waals surface area contributed by atoms with E-state index in [1.807, 2.05) is 0 Å². The molecule has 2 unspecified atom stereocenters. The standard InChI is InChI=1S/C28H36F3N3O4/c1-28(30,31)19-15-22(25(37-2)23(29)16-19)24(27(35)36)34-13-11-21(17-34)38-14-5-3-4-8-20-10-9-18-7-6-12-32-26(18)33-20/h9-10,15-16,21,24H,3-8,11-14,17H2,1-2H3,(H,32,33)(H,35,36). The number of nitrogens with zero attached hydrogens (tertiary/aromatic N) is 2. The molecular weight excluding hydrogens is 499 g/mol. The highest BCUT2D eigenvalue weighted by molar-refractivity contribution is 5.77. The highest BCUT2D eigenvalue weighted by Crippen LogP contribution is 2.39. The molecule has 1 fully saturated rings. The second-order valence-corrected chi connectivity index (χ2v) is 10.1. The predicted molar refractivity (Wildman–Crippen MR) is 137 cm³/mol. The molecule has 4 rings (SSSR count). The van der Waals surface area contributed by atoms with E-state index in [-0.39, 0.29) is 17.4 Å². The third-order valence-electron chi connectivity index (χ3n) is 7.24. The number of unbranched alkanes of at least 4 members (excludes halogenated alkanes) is 2. The minimum atomic E-state index is -3.32. The van der Waals surface area contributed by atoms with E-state index in [0.717, 1.165) is 62.6 Å². The Morgan fingerprint density at radius 2 is 2.11 bits per heavy atom. The summed E-state index contributed by atoms with van der Waals surface area (Å²) in [6, 6.07) is 4.66. The summed E-state index contributed by atoms with van der Waals surface area (Å²) in [4.78, 5) is 18.6. The predicted octanol–water partition coefficient (Wildman–Crippen LogP) is 5.33. The van der Waals surface area contributed by atoms with Gasteiger partial charge in [0, 0.05) is 50.0 Å². The molecule has 2 N–H and O–H groups in total. The first-order valence-corrected chi connectivity index (χ1v) is 13.2. The number of likely N-dealkylation sites (tertiary alicyclic amines) is 1. The third-order valence-corrected chi connectivity index (χ3v) is 7.24. The summed E-state index contributed by atoms with van der Waals surface area (Å²) in [5.41, 5.74) is 1.65. The van der Waals surface area contributed by atoms with Crippen LogP contribution in [-0.4, -0.2) is 60.4 Å². The highest BCUT2D eigenvalue weighted by atomic mass is 19.3. The van der Waals surface area contributed by atoms with Gasteiger partial charge in [0.1, 0.15) is 11.9 Å². The summed E-state index contributed by atoms with van der Waals surface area (Å²) in [6.07, 6.45) is 6.38. The van der Waals surface area contributed by atoms with Crippen molar-refractivity contribution in [1.82, 2.24) is 9.88 Å². The molecule has 0 bridgehead atoms. The number of benzene rings is 1. The lowest BCUT2D eigenvalue weighted by molar-refractivity contribution is -0.143. The number of fused-ring (bicyclic) bond motifs is 1. The Balaban J connectivity index is 1.27. The number of aromatic nitrogens is 1. The lowest BCUT2D eigenvalue weighted by Crippen LogP contribution is -2.34. The highest BCUT2D eigenvalue weighted by Gasteiger charge is 2.38. The average molecular weight is 536 g/mol. The number of anilines is 1. The van der Waals surface area contributed by atoms with Crippen molar-refractivity contribution in [2.24, 2.45) is 0 Å². The maximum atomic E-state index is 14.6. The largest absolute Gasteiger partial charge is 0.493 e. The minimum absolute atomic E-state index is 0.122. The van der Waals surface area contributed by atoms with Gasteiger partial charge in [0.05, 0.1) is 13.2 Å². The van der Waals surface area contributed by atoms with Gasteiger partial charge in [-0.25, -0.2) is 18.2 Å². The van der Waals surface area contributed by atoms with Crippen molar-refractivity contribution in [3.8, 4) is 5.75 Å². The van der Waals surface area contributed by atoms with Crippen LogP contribution in [0.25, 0.3) is 0 Å². The van der Waals surface area contributed by atoms with Crippen LogP contribution in [0.3, 0.4) is 0 Å². The van der Waals surface area contributed by atoms with Gasteiger partial charge < -0.3 is 19.9 Å². The molecule has 0 spiro atoms. The zero-order chi connectivity index (χ0) is 27.3. The minimum Gasteiger partial charge on any atom is -0.493 e. The number of hydrogen-bond donors (Lipinski definition) is 2. The first-order chi connectivity index (χ1) is 18.2. The second kappa shape index (κ2) is 12.3. The van der Waals surface area contributed by atoms with Gasteiger partial charge >= 0.3 is 5.97 Å². The molecule has 7 nitrogen and oxygen atoms in total. The van der Waals surface area contributed by atoms with Crippen LogP contribution in [-0.2, 0) is 28.3 Å². The van der Waals surface area contributed by atoms with Crippen LogP contribution < -0.4 is 10.1 Å². The first-order valence-electron chi connectivity index (χ1n) is 13.2. The summed E-state index contributed by atoms with van der Waals surface area (Å²) in [7, 11) is 1.19. The number of carboxylic acids is 1. The summed E-state index contributed by atoms with van der Waals surface area (Å²) in [5, 5.41) is 13.3. The molecule has 1 saturated heterocycles. The van der Waals surface area contributed by atoms with Crippen LogP contribution in [0, 0.1) is 5.82 Å². The number of carboxylic acid groups (broad SMARTS) is 1. The Hall–Kier alpha value is -2.85. The fourth-order valence-electron chi connectivity index (χ4n) is 5.24. The molecule has 2 aliphatic heterocycles. The Morgan fingerprint density at radius 3 is 2.84 bits per heavy atom. The molecule has 3 heterocycles. The molecule has 10 heteroatoms. The quantitative estimate of drug-likeness (QED) is 0.356. The molecule has 2 aromatic rings. The molecule has 2 aliphatic rings. The van der Waals surface area contributed by atoms with Crippen LogP contribution >= 0.6 is 0 Å². The Morgan fingerprint density at radius 1 is 1.29 bits per heavy atom. The number of methoxy groups -OCH3 is 1. The maximum absolute atomic E-state index is 14.6. The number of hydrogen-bond acceptors (Lipinski definition) is 6. The van der Waals surface area contributed by atoms with Crippen molar-refractivity contribution < 1.29 is 32.5 Å². The van der Waals surface area contributed by atoms with Gasteiger partial charge in [0.2, 0.25) is 0 Å². The average Bonchev–Trinajstić information content (AvgIpc) is 3.33. The monoisotopic (exact) mass is 535 g/mol. The van der Waals surface area contributed by atoms with Gasteiger partial charge in [0.15, 0.2) is 11.6 Å². The summed E-state index contributed by atoms with van der Waals surface area (Å²) < 4.78 is 53.6. The van der Waals surface area contributed by atoms with Crippen LogP contribution in [0.1, 0.15) is 67.5 Å². The lowest BCUT2D eigenvalue weighted by atomic mass is 9.98. The van der Waals surface area contributed by atoms with E-state index in [1.165, 1.54) is 12.7 Å². The molecule has 38 heavy (non-hydrogen) atoms. The number of aliphatic carboxylic acids is 1. The smallest absolute Gasteiger partial charge is 0.325 e. The normalized spacial score (nSPS) is 18.6. The van der Waals surface area contributed by atoms with Crippen molar-refractivity contribution in [1.29, 1.82) is 0 Å². The zero-order valence-electron chi connectivity index (χ0n) is 21.9. The van der Waals surface area contributed by atoms with Gasteiger partial charge in [-0.05, 0) is 62.3 Å². The molecule has 0 aliphatic carbocycles. The van der Waals surface area contributed by atoms with E-state index in [9.17, 15) is 23.1 Å². The van der Waals surface area contributed by atoms with Gasteiger partial charge in [-0.3, -0.25) is 9.69 Å². The zero-order valence-corrected chi connectivity index (χ0v) is 21.9. The topological polar surface area (TPSA) is 83.9 Å². The number of alkyl halides is 2. The van der Waals surface area contributed by atoms with Gasteiger partial charge in [-0.1, -0.05) is 12.5 Å². The first kappa shape index (κ1) is 28.2. The van der Waals surface area contributed by atoms with E-state index < -0.39 is 29.3 Å². The molecule has 0 saturated carbocycles. The number of aryl methyl sites for hydroxylation is 2. The third kappa shape index (κ3) is 6.77. The molecule has 208 valence electrons. The molecule has 1 aromatic carbocycles. The number of rotatable bonds is 12. The Labute approximate surface area is 221 Å². The summed E-state index contributed by atoms with van der Waals surface area (Å²) in [5.74, 6) is -4.92. The molecule has 1 aromatic heterocycles. The number of ether oxygens (including phenoxy) is 2. The second-order valence-electron chi connectivity index (χ2n) is 10.1. The van der Waals surface area contributed by atoms with Crippen molar-refractivity contribution in [2.45, 2.75) is 69.9 Å². The SMILES string of the molecule is COc1c(F)cc(C(C)(F)F)cc1C(C(=O)O)N1CCC(OCCCCCc2ccc3c(n2)NCCC3)C1. The van der Waals surface area contributed by atoms with Gasteiger partial charge in [-0.2, -0.15) is 0 Å². The lowest BCUT2D eigenvalue weighted by Gasteiger charge is -2.27. The molecule has 0 amide bonds. The van der Waals surface area contributed by atoms with Crippen molar-refractivity contribution in [3.63, 3.8) is 0 Å². The van der Waals surface area contributed by atoms with E-state index >= 15 is 0 Å². The van der Waals surface area contributed by atoms with Crippen LogP contribution in [0.5, 0.6) is 5.75 Å². The number of carbonyl (C=O) groups is 1. The fourth-order valence-corrected chi connectivity index (χ4v) is 5.24. The van der Waals surface area contributed by atoms with E-state index in [2.05, 4.69) is 17.4 Å². The molecular formula is C28H36F3N3O4. The van der Waals surface area contributed by atoms with Crippen molar-refractivity contribution in [3.05, 3.63) is 52.5 Å². The van der Waals surface area contributed by atoms with Crippen molar-refractivity contribution in [2.75, 3.05) is 38.7 Å². The van der Waals surface area contributed by atoms with Crippen molar-refractivity contribution >= 4 is 11.8 Å². The summed E-state index contributed by atoms with van der Waals surface area (Å²) in [6.45, 7) is 2.86. The van der Waals surface area contributed by atoms with Crippen LogP contribution in [0.2, 0.25) is 0 Å². The molecule has 0 radical (unpaired) electrons. The molecule has 2 atom stereocenters. The fraction of sp³-hybridized carbons (Fsp3) is 0.571. The number of pyridine rings is 1. The van der Waals surface area contributed by atoms with E-state index in [0.29, 0.717) is 39.1 Å². The number of nitrogens with one attached hydrogen (secondary N) is 1.